The highest BCUT2D eigenvalue weighted by Gasteiger charge is 2.36. The summed E-state index contributed by atoms with van der Waals surface area (Å²) >= 11 is 11.0. The molecule has 9 heteroatoms. The molecule has 0 spiro atoms. The quantitative estimate of drug-likeness (QED) is 0.775. The van der Waals surface area contributed by atoms with Crippen molar-refractivity contribution in [2.24, 2.45) is 0 Å². The van der Waals surface area contributed by atoms with Gasteiger partial charge < -0.3 is 0 Å². The van der Waals surface area contributed by atoms with Crippen molar-refractivity contribution >= 4 is 33.2 Å². The molecular formula is C10H10Cl2F3NO2S. The van der Waals surface area contributed by atoms with Crippen molar-refractivity contribution in [3.05, 3.63) is 29.3 Å². The molecule has 0 heterocycles. The summed E-state index contributed by atoms with van der Waals surface area (Å²) in [4.78, 5) is -0.297. The van der Waals surface area contributed by atoms with E-state index in [2.05, 4.69) is 0 Å². The van der Waals surface area contributed by atoms with Gasteiger partial charge in [-0.3, -0.25) is 0 Å². The third kappa shape index (κ3) is 4.83. The maximum atomic E-state index is 12.4. The van der Waals surface area contributed by atoms with Gasteiger partial charge in [-0.15, -0.1) is 11.6 Å². The fraction of sp³-hybridized carbons (Fsp3) is 0.400. The number of hydrogen-bond donors (Lipinski definition) is 0. The Bertz CT molecular complexity index is 534. The highest BCUT2D eigenvalue weighted by Crippen LogP contribution is 2.24. The van der Waals surface area contributed by atoms with E-state index in [0.717, 1.165) is 6.07 Å². The van der Waals surface area contributed by atoms with Gasteiger partial charge in [0, 0.05) is 17.4 Å². The third-order valence-electron chi connectivity index (χ3n) is 2.12. The summed E-state index contributed by atoms with van der Waals surface area (Å²) < 4.78 is 61.5. The van der Waals surface area contributed by atoms with E-state index in [9.17, 15) is 21.6 Å². The van der Waals surface area contributed by atoms with Crippen molar-refractivity contribution in [1.29, 1.82) is 0 Å². The number of halogens is 5. The van der Waals surface area contributed by atoms with Gasteiger partial charge >= 0.3 is 6.18 Å². The van der Waals surface area contributed by atoms with E-state index in [0.29, 0.717) is 0 Å². The van der Waals surface area contributed by atoms with Gasteiger partial charge in [0.25, 0.3) is 0 Å². The van der Waals surface area contributed by atoms with Crippen LogP contribution in [-0.2, 0) is 10.0 Å². The Balaban J connectivity index is 3.13. The van der Waals surface area contributed by atoms with E-state index in [1.54, 1.807) is 0 Å². The van der Waals surface area contributed by atoms with Crippen LogP contribution in [0.2, 0.25) is 5.02 Å². The van der Waals surface area contributed by atoms with Gasteiger partial charge in [-0.1, -0.05) is 17.7 Å². The summed E-state index contributed by atoms with van der Waals surface area (Å²) in [6.45, 7) is -2.02. The number of hydrogen-bond acceptors (Lipinski definition) is 2. The van der Waals surface area contributed by atoms with Crippen LogP contribution in [0.1, 0.15) is 0 Å². The second-order valence-electron chi connectivity index (χ2n) is 3.60. The van der Waals surface area contributed by atoms with Gasteiger partial charge in [0.05, 0.1) is 4.90 Å². The van der Waals surface area contributed by atoms with E-state index in [1.807, 2.05) is 0 Å². The highest BCUT2D eigenvalue weighted by atomic mass is 35.5. The first-order chi connectivity index (χ1) is 8.66. The van der Waals surface area contributed by atoms with E-state index in [-0.39, 0.29) is 20.1 Å². The van der Waals surface area contributed by atoms with Crippen LogP contribution < -0.4 is 0 Å². The molecule has 0 aliphatic rings. The summed E-state index contributed by atoms with van der Waals surface area (Å²) in [7, 11) is -4.27. The zero-order valence-electron chi connectivity index (χ0n) is 9.49. The Hall–Kier alpha value is -0.500. The molecule has 0 radical (unpaired) electrons. The molecule has 0 atom stereocenters. The molecule has 0 amide bonds. The minimum Gasteiger partial charge on any atom is -0.207 e. The molecule has 1 rings (SSSR count). The molecule has 1 aromatic carbocycles. The Morgan fingerprint density at radius 2 is 1.89 bits per heavy atom. The van der Waals surface area contributed by atoms with E-state index < -0.39 is 29.3 Å². The lowest BCUT2D eigenvalue weighted by molar-refractivity contribution is -0.135. The number of benzene rings is 1. The standard InChI is InChI=1S/C10H10Cl2F3NO2S/c11-4-5-16(7-10(13,14)15)19(17,18)9-3-1-2-8(12)6-9/h1-3,6H,4-5,7H2. The van der Waals surface area contributed by atoms with Crippen molar-refractivity contribution in [2.45, 2.75) is 11.1 Å². The molecule has 0 fully saturated rings. The van der Waals surface area contributed by atoms with E-state index in [1.165, 1.54) is 18.2 Å². The monoisotopic (exact) mass is 335 g/mol. The van der Waals surface area contributed by atoms with Gasteiger partial charge in [-0.2, -0.15) is 17.5 Å². The molecule has 0 N–H and O–H groups in total. The largest absolute Gasteiger partial charge is 0.402 e. The van der Waals surface area contributed by atoms with E-state index in [4.69, 9.17) is 23.2 Å². The summed E-state index contributed by atoms with van der Waals surface area (Å²) in [5.41, 5.74) is 0. The van der Waals surface area contributed by atoms with E-state index >= 15 is 0 Å². The van der Waals surface area contributed by atoms with Crippen molar-refractivity contribution in [3.8, 4) is 0 Å². The first-order valence-corrected chi connectivity index (χ1v) is 7.40. The SMILES string of the molecule is O=S(=O)(c1cccc(Cl)c1)N(CCCl)CC(F)(F)F. The van der Waals surface area contributed by atoms with Crippen molar-refractivity contribution < 1.29 is 21.6 Å². The average Bonchev–Trinajstić information content (AvgIpc) is 2.26. The molecule has 0 aliphatic carbocycles. The normalized spacial score (nSPS) is 12.9. The van der Waals surface area contributed by atoms with Crippen LogP contribution in [0.4, 0.5) is 13.2 Å². The third-order valence-corrected chi connectivity index (χ3v) is 4.37. The maximum Gasteiger partial charge on any atom is 0.402 e. The van der Waals surface area contributed by atoms with Gasteiger partial charge in [0.15, 0.2) is 0 Å². The van der Waals surface area contributed by atoms with Gasteiger partial charge in [0.2, 0.25) is 10.0 Å². The van der Waals surface area contributed by atoms with Crippen molar-refractivity contribution in [2.75, 3.05) is 19.0 Å². The van der Waals surface area contributed by atoms with Crippen LogP contribution >= 0.6 is 23.2 Å². The fourth-order valence-electron chi connectivity index (χ4n) is 1.35. The van der Waals surface area contributed by atoms with Crippen LogP contribution in [-0.4, -0.2) is 37.9 Å². The number of sulfonamides is 1. The van der Waals surface area contributed by atoms with Crippen molar-refractivity contribution in [3.63, 3.8) is 0 Å². The zero-order valence-corrected chi connectivity index (χ0v) is 11.8. The average molecular weight is 336 g/mol. The Morgan fingerprint density at radius 3 is 2.37 bits per heavy atom. The first-order valence-electron chi connectivity index (χ1n) is 5.05. The summed E-state index contributed by atoms with van der Waals surface area (Å²) in [5.74, 6) is -0.240. The van der Waals surface area contributed by atoms with Crippen LogP contribution in [0, 0.1) is 0 Å². The second-order valence-corrected chi connectivity index (χ2v) is 6.35. The number of alkyl halides is 4. The van der Waals surface area contributed by atoms with Crippen molar-refractivity contribution in [1.82, 2.24) is 4.31 Å². The van der Waals surface area contributed by atoms with Crippen LogP contribution in [0.15, 0.2) is 29.2 Å². The molecule has 0 aromatic heterocycles. The van der Waals surface area contributed by atoms with Gasteiger partial charge in [0.1, 0.15) is 6.54 Å². The minimum atomic E-state index is -4.64. The van der Waals surface area contributed by atoms with Crippen LogP contribution in [0.5, 0.6) is 0 Å². The summed E-state index contributed by atoms with van der Waals surface area (Å²) in [6, 6.07) is 5.05. The number of nitrogens with zero attached hydrogens (tertiary/aromatic N) is 1. The molecule has 0 bridgehead atoms. The molecule has 0 saturated carbocycles. The van der Waals surface area contributed by atoms with Crippen LogP contribution in [0.25, 0.3) is 0 Å². The lowest BCUT2D eigenvalue weighted by Crippen LogP contribution is -2.40. The first kappa shape index (κ1) is 16.6. The highest BCUT2D eigenvalue weighted by molar-refractivity contribution is 7.89. The molecule has 19 heavy (non-hydrogen) atoms. The molecule has 0 aliphatic heterocycles. The fourth-order valence-corrected chi connectivity index (χ4v) is 3.39. The Kier molecular flexibility index (Phi) is 5.49. The summed E-state index contributed by atoms with van der Waals surface area (Å²) in [6.07, 6.45) is -4.64. The predicted octanol–water partition coefficient (Wildman–Crippen LogP) is 3.13. The Labute approximate surface area is 119 Å². The zero-order chi connectivity index (χ0) is 14.7. The number of rotatable bonds is 5. The molecule has 3 nitrogen and oxygen atoms in total. The predicted molar refractivity (Wildman–Crippen MR) is 67.0 cm³/mol. The molecular weight excluding hydrogens is 326 g/mol. The molecule has 0 unspecified atom stereocenters. The Morgan fingerprint density at radius 1 is 1.26 bits per heavy atom. The molecule has 0 saturated heterocycles. The van der Waals surface area contributed by atoms with Gasteiger partial charge in [-0.25, -0.2) is 8.42 Å². The summed E-state index contributed by atoms with van der Waals surface area (Å²) in [5, 5.41) is 0.124. The molecule has 108 valence electrons. The minimum absolute atomic E-state index is 0.124. The second kappa shape index (κ2) is 6.30. The lowest BCUT2D eigenvalue weighted by Gasteiger charge is -2.22. The van der Waals surface area contributed by atoms with Gasteiger partial charge in [-0.05, 0) is 18.2 Å². The smallest absolute Gasteiger partial charge is 0.207 e. The van der Waals surface area contributed by atoms with Crippen LogP contribution in [0.3, 0.4) is 0 Å². The topological polar surface area (TPSA) is 37.4 Å². The maximum absolute atomic E-state index is 12.4. The lowest BCUT2D eigenvalue weighted by atomic mass is 10.4. The molecule has 1 aromatic rings.